The minimum atomic E-state index is -0.557. The van der Waals surface area contributed by atoms with Crippen molar-refractivity contribution >= 4 is 17.3 Å². The molecule has 1 amide bonds. The van der Waals surface area contributed by atoms with Gasteiger partial charge < -0.3 is 15.7 Å². The number of nitro benzene ring substituents is 1. The number of carbonyl (C=O) groups is 1. The van der Waals surface area contributed by atoms with E-state index in [-0.39, 0.29) is 29.8 Å². The summed E-state index contributed by atoms with van der Waals surface area (Å²) in [5, 5.41) is 25.4. The highest BCUT2D eigenvalue weighted by Gasteiger charge is 2.18. The number of hydrogen-bond acceptors (Lipinski definition) is 5. The number of carbonyl (C=O) groups excluding carboxylic acids is 1. The summed E-state index contributed by atoms with van der Waals surface area (Å²) in [7, 11) is 1.46. The summed E-state index contributed by atoms with van der Waals surface area (Å²) < 4.78 is 0. The van der Waals surface area contributed by atoms with Crippen LogP contribution in [0.15, 0.2) is 18.2 Å². The van der Waals surface area contributed by atoms with Crippen molar-refractivity contribution in [3.63, 3.8) is 0 Å². The maximum absolute atomic E-state index is 11.4. The first-order chi connectivity index (χ1) is 9.03. The molecule has 0 aliphatic carbocycles. The van der Waals surface area contributed by atoms with Gasteiger partial charge in [-0.2, -0.15) is 0 Å². The van der Waals surface area contributed by atoms with Gasteiger partial charge in [-0.15, -0.1) is 0 Å². The Kier molecular flexibility index (Phi) is 5.25. The number of hydrogen-bond donors (Lipinski definition) is 3. The maximum atomic E-state index is 11.4. The first-order valence-corrected chi connectivity index (χ1v) is 5.91. The van der Waals surface area contributed by atoms with Crippen LogP contribution in [0.1, 0.15) is 23.7 Å². The molecular weight excluding hydrogens is 250 g/mol. The van der Waals surface area contributed by atoms with E-state index in [9.17, 15) is 14.9 Å². The third-order valence-electron chi connectivity index (χ3n) is 2.76. The quantitative estimate of drug-likeness (QED) is 0.529. The van der Waals surface area contributed by atoms with Crippen LogP contribution >= 0.6 is 0 Å². The molecule has 0 fully saturated rings. The molecule has 0 bridgehead atoms. The Hall–Kier alpha value is -2.15. The summed E-state index contributed by atoms with van der Waals surface area (Å²) in [6, 6.07) is 3.93. The van der Waals surface area contributed by atoms with Gasteiger partial charge in [0, 0.05) is 24.7 Å². The van der Waals surface area contributed by atoms with Gasteiger partial charge in [0.05, 0.1) is 11.5 Å². The number of benzene rings is 1. The summed E-state index contributed by atoms with van der Waals surface area (Å²) in [4.78, 5) is 21.9. The maximum Gasteiger partial charge on any atom is 0.293 e. The molecule has 1 aromatic rings. The molecular formula is C12H17N3O4. The minimum absolute atomic E-state index is 0.120. The fourth-order valence-corrected chi connectivity index (χ4v) is 1.59. The Labute approximate surface area is 110 Å². The molecule has 7 heteroatoms. The Morgan fingerprint density at radius 1 is 1.53 bits per heavy atom. The van der Waals surface area contributed by atoms with Gasteiger partial charge in [-0.1, -0.05) is 6.92 Å². The van der Waals surface area contributed by atoms with E-state index in [4.69, 9.17) is 5.11 Å². The summed E-state index contributed by atoms with van der Waals surface area (Å²) in [5.74, 6) is -0.385. The highest BCUT2D eigenvalue weighted by Crippen LogP contribution is 2.26. The van der Waals surface area contributed by atoms with Crippen LogP contribution < -0.4 is 10.6 Å². The molecule has 0 unspecified atom stereocenters. The molecule has 0 radical (unpaired) electrons. The lowest BCUT2D eigenvalue weighted by molar-refractivity contribution is -0.384. The van der Waals surface area contributed by atoms with Crippen molar-refractivity contribution in [3.8, 4) is 0 Å². The van der Waals surface area contributed by atoms with Crippen LogP contribution in [-0.4, -0.2) is 35.6 Å². The van der Waals surface area contributed by atoms with E-state index in [1.54, 1.807) is 0 Å². The molecule has 0 aliphatic rings. The van der Waals surface area contributed by atoms with E-state index in [0.29, 0.717) is 12.1 Å². The van der Waals surface area contributed by atoms with E-state index < -0.39 is 4.92 Å². The van der Waals surface area contributed by atoms with Crippen molar-refractivity contribution in [1.29, 1.82) is 0 Å². The average Bonchev–Trinajstić information content (AvgIpc) is 2.43. The molecule has 0 aliphatic heterocycles. The number of anilines is 1. The molecule has 104 valence electrons. The molecule has 19 heavy (non-hydrogen) atoms. The van der Waals surface area contributed by atoms with Crippen LogP contribution in [0.25, 0.3) is 0 Å². The van der Waals surface area contributed by atoms with Gasteiger partial charge >= 0.3 is 0 Å². The SMILES string of the molecule is CC[C@H](CO)Nc1ccc(C(=O)NC)cc1[N+](=O)[O-]. The fraction of sp³-hybridized carbons (Fsp3) is 0.417. The molecule has 0 heterocycles. The van der Waals surface area contributed by atoms with Crippen LogP contribution in [0.2, 0.25) is 0 Å². The second-order valence-electron chi connectivity index (χ2n) is 4.00. The third-order valence-corrected chi connectivity index (χ3v) is 2.76. The van der Waals surface area contributed by atoms with Crippen molar-refractivity contribution in [2.45, 2.75) is 19.4 Å². The number of amides is 1. The van der Waals surface area contributed by atoms with Crippen molar-refractivity contribution in [2.24, 2.45) is 0 Å². The van der Waals surface area contributed by atoms with E-state index in [0.717, 1.165) is 0 Å². The summed E-state index contributed by atoms with van der Waals surface area (Å²) >= 11 is 0. The minimum Gasteiger partial charge on any atom is -0.394 e. The second kappa shape index (κ2) is 6.69. The monoisotopic (exact) mass is 267 g/mol. The molecule has 0 spiro atoms. The van der Waals surface area contributed by atoms with Gasteiger partial charge in [-0.05, 0) is 18.6 Å². The second-order valence-corrected chi connectivity index (χ2v) is 4.00. The van der Waals surface area contributed by atoms with Gasteiger partial charge in [0.1, 0.15) is 5.69 Å². The van der Waals surface area contributed by atoms with E-state index >= 15 is 0 Å². The smallest absolute Gasteiger partial charge is 0.293 e. The lowest BCUT2D eigenvalue weighted by Gasteiger charge is -2.15. The van der Waals surface area contributed by atoms with E-state index in [2.05, 4.69) is 10.6 Å². The Morgan fingerprint density at radius 2 is 2.21 bits per heavy atom. The molecule has 0 aromatic heterocycles. The van der Waals surface area contributed by atoms with E-state index in [1.807, 2.05) is 6.92 Å². The fourth-order valence-electron chi connectivity index (χ4n) is 1.59. The molecule has 0 saturated carbocycles. The predicted molar refractivity (Wildman–Crippen MR) is 71.3 cm³/mol. The van der Waals surface area contributed by atoms with Crippen molar-refractivity contribution in [1.82, 2.24) is 5.32 Å². The number of nitrogens with one attached hydrogen (secondary N) is 2. The third kappa shape index (κ3) is 3.65. The number of nitro groups is 1. The van der Waals surface area contributed by atoms with Gasteiger partial charge in [-0.3, -0.25) is 14.9 Å². The molecule has 1 aromatic carbocycles. The highest BCUT2D eigenvalue weighted by atomic mass is 16.6. The lowest BCUT2D eigenvalue weighted by atomic mass is 10.1. The number of nitrogens with zero attached hydrogens (tertiary/aromatic N) is 1. The number of aliphatic hydroxyl groups excluding tert-OH is 1. The zero-order valence-electron chi connectivity index (χ0n) is 10.8. The largest absolute Gasteiger partial charge is 0.394 e. The van der Waals surface area contributed by atoms with Gasteiger partial charge in [0.2, 0.25) is 0 Å². The van der Waals surface area contributed by atoms with Crippen LogP contribution in [0.5, 0.6) is 0 Å². The van der Waals surface area contributed by atoms with Gasteiger partial charge in [0.25, 0.3) is 11.6 Å². The van der Waals surface area contributed by atoms with E-state index in [1.165, 1.54) is 25.2 Å². The normalized spacial score (nSPS) is 11.7. The first-order valence-electron chi connectivity index (χ1n) is 5.91. The number of aliphatic hydroxyl groups is 1. The highest BCUT2D eigenvalue weighted by molar-refractivity contribution is 5.95. The lowest BCUT2D eigenvalue weighted by Crippen LogP contribution is -2.23. The molecule has 3 N–H and O–H groups in total. The number of rotatable bonds is 6. The molecule has 1 atom stereocenters. The molecule has 7 nitrogen and oxygen atoms in total. The van der Waals surface area contributed by atoms with Gasteiger partial charge in [0.15, 0.2) is 0 Å². The zero-order chi connectivity index (χ0) is 14.4. The molecule has 1 rings (SSSR count). The topological polar surface area (TPSA) is 104 Å². The van der Waals surface area contributed by atoms with Crippen molar-refractivity contribution in [3.05, 3.63) is 33.9 Å². The summed E-state index contributed by atoms with van der Waals surface area (Å²) in [6.07, 6.45) is 0.630. The predicted octanol–water partition coefficient (Wildman–Crippen LogP) is 1.14. The van der Waals surface area contributed by atoms with Crippen molar-refractivity contribution in [2.75, 3.05) is 19.0 Å². The Bertz CT molecular complexity index is 472. The summed E-state index contributed by atoms with van der Waals surface area (Å²) in [5.41, 5.74) is 0.323. The standard InChI is InChI=1S/C12H17N3O4/c1-3-9(7-16)14-10-5-4-8(12(17)13-2)6-11(10)15(18)19/h4-6,9,14,16H,3,7H2,1-2H3,(H,13,17)/t9-/m1/s1. The Morgan fingerprint density at radius 3 is 2.68 bits per heavy atom. The zero-order valence-corrected chi connectivity index (χ0v) is 10.8. The first kappa shape index (κ1) is 14.9. The van der Waals surface area contributed by atoms with Crippen LogP contribution in [-0.2, 0) is 0 Å². The van der Waals surface area contributed by atoms with Crippen LogP contribution in [0, 0.1) is 10.1 Å². The van der Waals surface area contributed by atoms with Gasteiger partial charge in [-0.25, -0.2) is 0 Å². The average molecular weight is 267 g/mol. The van der Waals surface area contributed by atoms with Crippen LogP contribution in [0.4, 0.5) is 11.4 Å². The molecule has 0 saturated heterocycles. The van der Waals surface area contributed by atoms with Crippen LogP contribution in [0.3, 0.4) is 0 Å². The summed E-state index contributed by atoms with van der Waals surface area (Å²) in [6.45, 7) is 1.74. The Balaban J connectivity index is 3.11. The van der Waals surface area contributed by atoms with Crippen molar-refractivity contribution < 1.29 is 14.8 Å².